The summed E-state index contributed by atoms with van der Waals surface area (Å²) in [7, 11) is -1.29. The van der Waals surface area contributed by atoms with Crippen molar-refractivity contribution < 1.29 is 32.2 Å². The van der Waals surface area contributed by atoms with Crippen LogP contribution >= 0.6 is 22.6 Å². The average Bonchev–Trinajstić information content (AvgIpc) is 2.79. The molecule has 1 atom stereocenters. The van der Waals surface area contributed by atoms with E-state index in [1.54, 1.807) is 12.3 Å². The quantitative estimate of drug-likeness (QED) is 0.207. The zero-order valence-corrected chi connectivity index (χ0v) is 24.2. The largest absolute Gasteiger partial charge is 0.573 e. The summed E-state index contributed by atoms with van der Waals surface area (Å²) in [6.07, 6.45) is -2.71. The SMILES string of the molecule is CCC(NC(=O)N1CC(=O)N(COCC[Si](C)(C)C)c2cc(I)cnc21)c1ccc(OC(F)(F)F)cc1. The van der Waals surface area contributed by atoms with Gasteiger partial charge in [-0.2, -0.15) is 0 Å². The Morgan fingerprint density at radius 1 is 1.24 bits per heavy atom. The lowest BCUT2D eigenvalue weighted by Gasteiger charge is -2.35. The van der Waals surface area contributed by atoms with Crippen LogP contribution in [0.4, 0.5) is 29.5 Å². The van der Waals surface area contributed by atoms with Crippen molar-refractivity contribution in [1.29, 1.82) is 0 Å². The molecule has 0 radical (unpaired) electrons. The van der Waals surface area contributed by atoms with Crippen molar-refractivity contribution in [2.45, 2.75) is 51.4 Å². The van der Waals surface area contributed by atoms with E-state index in [0.717, 1.165) is 9.61 Å². The Labute approximate surface area is 228 Å². The number of amides is 3. The minimum atomic E-state index is -4.79. The fraction of sp³-hybridized carbons (Fsp3) is 0.458. The van der Waals surface area contributed by atoms with Crippen molar-refractivity contribution in [2.75, 3.05) is 29.7 Å². The number of nitrogens with zero attached hydrogens (tertiary/aromatic N) is 3. The van der Waals surface area contributed by atoms with Crippen molar-refractivity contribution in [3.63, 3.8) is 0 Å². The lowest BCUT2D eigenvalue weighted by molar-refractivity contribution is -0.274. The number of benzene rings is 1. The van der Waals surface area contributed by atoms with Crippen LogP contribution < -0.4 is 19.9 Å². The molecule has 1 aliphatic rings. The zero-order valence-electron chi connectivity index (χ0n) is 21.1. The minimum Gasteiger partial charge on any atom is -0.406 e. The maximum absolute atomic E-state index is 13.3. The number of fused-ring (bicyclic) bond motifs is 1. The standard InChI is InChI=1S/C24H30F3IN4O4Si/c1-5-19(16-6-8-18(9-7-16)36-24(25,26)27)30-23(34)31-14-21(33)32(15-35-10-11-37(2,3)4)20-12-17(28)13-29-22(20)31/h6-9,12-13,19H,5,10-11,14-15H2,1-4H3,(H,30,34). The lowest BCUT2D eigenvalue weighted by Crippen LogP contribution is -2.52. The first-order valence-corrected chi connectivity index (χ1v) is 16.5. The van der Waals surface area contributed by atoms with Gasteiger partial charge in [-0.25, -0.2) is 9.78 Å². The fourth-order valence-corrected chi connectivity index (χ4v) is 4.84. The van der Waals surface area contributed by atoms with Gasteiger partial charge in [0.1, 0.15) is 19.0 Å². The molecule has 8 nitrogen and oxygen atoms in total. The Morgan fingerprint density at radius 2 is 1.92 bits per heavy atom. The molecule has 1 aliphatic heterocycles. The first-order chi connectivity index (χ1) is 17.3. The summed E-state index contributed by atoms with van der Waals surface area (Å²) < 4.78 is 47.9. The van der Waals surface area contributed by atoms with Gasteiger partial charge in [0.2, 0.25) is 5.91 Å². The van der Waals surface area contributed by atoms with E-state index in [4.69, 9.17) is 4.74 Å². The van der Waals surface area contributed by atoms with Crippen molar-refractivity contribution in [3.05, 3.63) is 45.7 Å². The number of carbonyl (C=O) groups excluding carboxylic acids is 2. The molecule has 1 aromatic heterocycles. The van der Waals surface area contributed by atoms with E-state index >= 15 is 0 Å². The third-order valence-corrected chi connectivity index (χ3v) is 7.93. The third kappa shape index (κ3) is 8.30. The molecule has 3 amide bonds. The van der Waals surface area contributed by atoms with E-state index in [0.29, 0.717) is 30.1 Å². The van der Waals surface area contributed by atoms with Gasteiger partial charge in [-0.1, -0.05) is 38.7 Å². The van der Waals surface area contributed by atoms with Gasteiger partial charge in [-0.05, 0) is 58.8 Å². The Balaban J connectivity index is 1.75. The Kier molecular flexibility index (Phi) is 9.45. The van der Waals surface area contributed by atoms with Crippen LogP contribution in [0.3, 0.4) is 0 Å². The van der Waals surface area contributed by atoms with Crippen molar-refractivity contribution in [2.24, 2.45) is 0 Å². The Morgan fingerprint density at radius 3 is 2.51 bits per heavy atom. The number of hydrogen-bond acceptors (Lipinski definition) is 5. The zero-order chi connectivity index (χ0) is 27.4. The van der Waals surface area contributed by atoms with Crippen LogP contribution in [0, 0.1) is 3.57 Å². The van der Waals surface area contributed by atoms with E-state index < -0.39 is 26.5 Å². The number of carbonyl (C=O) groups is 2. The maximum atomic E-state index is 13.3. The van der Waals surface area contributed by atoms with E-state index in [1.165, 1.54) is 34.1 Å². The third-order valence-electron chi connectivity index (χ3n) is 5.64. The van der Waals surface area contributed by atoms with E-state index in [2.05, 4.69) is 57.3 Å². The van der Waals surface area contributed by atoms with Gasteiger partial charge in [-0.3, -0.25) is 14.6 Å². The summed E-state index contributed by atoms with van der Waals surface area (Å²) in [4.78, 5) is 33.5. The second-order valence-electron chi connectivity index (χ2n) is 9.78. The fourth-order valence-electron chi connectivity index (χ4n) is 3.65. The van der Waals surface area contributed by atoms with E-state index in [-0.39, 0.29) is 24.9 Å². The second kappa shape index (κ2) is 12.0. The highest BCUT2D eigenvalue weighted by atomic mass is 127. The maximum Gasteiger partial charge on any atom is 0.573 e. The monoisotopic (exact) mass is 650 g/mol. The molecule has 1 unspecified atom stereocenters. The molecule has 37 heavy (non-hydrogen) atoms. The number of anilines is 2. The molecule has 0 spiro atoms. The first kappa shape index (κ1) is 29.2. The van der Waals surface area contributed by atoms with Crippen LogP contribution in [-0.2, 0) is 9.53 Å². The summed E-state index contributed by atoms with van der Waals surface area (Å²) in [6.45, 7) is 8.95. The van der Waals surface area contributed by atoms with Crippen LogP contribution in [0.1, 0.15) is 24.9 Å². The molecule has 1 aromatic carbocycles. The molecule has 0 saturated heterocycles. The molecule has 202 valence electrons. The summed E-state index contributed by atoms with van der Waals surface area (Å²) in [5, 5.41) is 2.86. The molecular weight excluding hydrogens is 620 g/mol. The molecule has 13 heteroatoms. The number of alkyl halides is 3. The predicted octanol–water partition coefficient (Wildman–Crippen LogP) is 5.91. The van der Waals surface area contributed by atoms with Crippen LogP contribution in [-0.4, -0.2) is 51.2 Å². The van der Waals surface area contributed by atoms with Gasteiger partial charge in [0.25, 0.3) is 0 Å². The highest BCUT2D eigenvalue weighted by Gasteiger charge is 2.35. The van der Waals surface area contributed by atoms with E-state index in [9.17, 15) is 22.8 Å². The van der Waals surface area contributed by atoms with Crippen LogP contribution in [0.2, 0.25) is 25.7 Å². The number of ether oxygens (including phenoxy) is 2. The van der Waals surface area contributed by atoms with Crippen molar-refractivity contribution in [1.82, 2.24) is 10.3 Å². The number of hydrogen-bond donors (Lipinski definition) is 1. The van der Waals surface area contributed by atoms with Gasteiger partial charge in [0.15, 0.2) is 5.82 Å². The van der Waals surface area contributed by atoms with Gasteiger partial charge in [-0.15, -0.1) is 13.2 Å². The van der Waals surface area contributed by atoms with Gasteiger partial charge >= 0.3 is 12.4 Å². The van der Waals surface area contributed by atoms with Crippen LogP contribution in [0.5, 0.6) is 5.75 Å². The Hall–Kier alpha value is -2.39. The first-order valence-electron chi connectivity index (χ1n) is 11.7. The number of halogens is 4. The summed E-state index contributed by atoms with van der Waals surface area (Å²) in [5.74, 6) is -0.324. The molecule has 3 rings (SSSR count). The highest BCUT2D eigenvalue weighted by molar-refractivity contribution is 14.1. The summed E-state index contributed by atoms with van der Waals surface area (Å²) in [5.41, 5.74) is 1.08. The highest BCUT2D eigenvalue weighted by Crippen LogP contribution is 2.33. The minimum absolute atomic E-state index is 0.0669. The average molecular weight is 651 g/mol. The molecule has 2 aromatic rings. The summed E-state index contributed by atoms with van der Waals surface area (Å²) >= 11 is 2.09. The topological polar surface area (TPSA) is 84.0 Å². The molecule has 0 aliphatic carbocycles. The number of pyridine rings is 1. The molecule has 0 saturated carbocycles. The predicted molar refractivity (Wildman–Crippen MR) is 145 cm³/mol. The molecule has 0 fully saturated rings. The molecule has 0 bridgehead atoms. The number of aromatic nitrogens is 1. The van der Waals surface area contributed by atoms with Crippen molar-refractivity contribution in [3.8, 4) is 5.75 Å². The van der Waals surface area contributed by atoms with E-state index in [1.807, 2.05) is 6.92 Å². The number of urea groups is 1. The number of nitrogens with one attached hydrogen (secondary N) is 1. The normalized spacial score (nSPS) is 14.9. The van der Waals surface area contributed by atoms with Crippen molar-refractivity contribution >= 4 is 54.1 Å². The number of rotatable bonds is 9. The van der Waals surface area contributed by atoms with Gasteiger partial charge in [0, 0.05) is 24.4 Å². The molecule has 2 heterocycles. The second-order valence-corrected chi connectivity index (χ2v) is 16.6. The van der Waals surface area contributed by atoms with Crippen LogP contribution in [0.15, 0.2) is 36.5 Å². The lowest BCUT2D eigenvalue weighted by atomic mass is 10.0. The van der Waals surface area contributed by atoms with Crippen LogP contribution in [0.25, 0.3) is 0 Å². The summed E-state index contributed by atoms with van der Waals surface area (Å²) in [6, 6.07) is 7.02. The smallest absolute Gasteiger partial charge is 0.406 e. The Bertz CT molecular complexity index is 1110. The van der Waals surface area contributed by atoms with Gasteiger partial charge in [0.05, 0.1) is 11.7 Å². The van der Waals surface area contributed by atoms with Gasteiger partial charge < -0.3 is 14.8 Å². The molecular formula is C24H30F3IN4O4Si. The molecule has 1 N–H and O–H groups in total.